The fourth-order valence-corrected chi connectivity index (χ4v) is 2.75. The van der Waals surface area contributed by atoms with Crippen LogP contribution >= 0.6 is 0 Å². The number of hydrogen-bond donors (Lipinski definition) is 0. The molecule has 0 aliphatic rings. The Morgan fingerprint density at radius 1 is 0.926 bits per heavy atom. The average Bonchev–Trinajstić information content (AvgIpc) is 2.71. The van der Waals surface area contributed by atoms with Crippen LogP contribution in [0.1, 0.15) is 29.3 Å². The van der Waals surface area contributed by atoms with E-state index >= 15 is 0 Å². The smallest absolute Gasteiger partial charge is 0.253 e. The SMILES string of the molecule is CCCOc1ccc(C(=O)N(C)Cc2ccc(OC)c(OC)c2OC)cc1. The van der Waals surface area contributed by atoms with Crippen LogP contribution in [0.4, 0.5) is 0 Å². The first-order valence-electron chi connectivity index (χ1n) is 8.81. The van der Waals surface area contributed by atoms with Crippen LogP contribution in [-0.4, -0.2) is 45.8 Å². The lowest BCUT2D eigenvalue weighted by atomic mass is 10.1. The Bertz CT molecular complexity index is 758. The lowest BCUT2D eigenvalue weighted by Gasteiger charge is -2.21. The quantitative estimate of drug-likeness (QED) is 0.670. The van der Waals surface area contributed by atoms with Gasteiger partial charge in [0.1, 0.15) is 5.75 Å². The molecule has 0 spiro atoms. The fraction of sp³-hybridized carbons (Fsp3) is 0.381. The van der Waals surface area contributed by atoms with Gasteiger partial charge in [-0.25, -0.2) is 0 Å². The minimum Gasteiger partial charge on any atom is -0.494 e. The summed E-state index contributed by atoms with van der Waals surface area (Å²) in [6.45, 7) is 3.08. The van der Waals surface area contributed by atoms with Crippen molar-refractivity contribution in [1.29, 1.82) is 0 Å². The second kappa shape index (κ2) is 9.71. The van der Waals surface area contributed by atoms with Crippen molar-refractivity contribution in [1.82, 2.24) is 4.90 Å². The molecule has 0 N–H and O–H groups in total. The molecule has 0 unspecified atom stereocenters. The number of nitrogens with zero attached hydrogens (tertiary/aromatic N) is 1. The second-order valence-corrected chi connectivity index (χ2v) is 6.03. The molecule has 2 aromatic carbocycles. The normalized spacial score (nSPS) is 10.3. The summed E-state index contributed by atoms with van der Waals surface area (Å²) in [5, 5.41) is 0. The zero-order chi connectivity index (χ0) is 19.8. The van der Waals surface area contributed by atoms with Crippen molar-refractivity contribution in [2.24, 2.45) is 0 Å². The maximum absolute atomic E-state index is 12.7. The number of amides is 1. The summed E-state index contributed by atoms with van der Waals surface area (Å²) < 4.78 is 21.7. The molecule has 0 aliphatic heterocycles. The van der Waals surface area contributed by atoms with Crippen LogP contribution < -0.4 is 18.9 Å². The number of hydrogen-bond acceptors (Lipinski definition) is 5. The van der Waals surface area contributed by atoms with Gasteiger partial charge in [-0.15, -0.1) is 0 Å². The van der Waals surface area contributed by atoms with Gasteiger partial charge < -0.3 is 23.8 Å². The van der Waals surface area contributed by atoms with Crippen molar-refractivity contribution in [3.05, 3.63) is 47.5 Å². The number of methoxy groups -OCH3 is 3. The molecule has 0 saturated heterocycles. The molecule has 0 fully saturated rings. The molecule has 0 aliphatic carbocycles. The molecule has 0 heterocycles. The van der Waals surface area contributed by atoms with Gasteiger partial charge in [-0.3, -0.25) is 4.79 Å². The third kappa shape index (κ3) is 4.84. The maximum atomic E-state index is 12.7. The number of rotatable bonds is 9. The summed E-state index contributed by atoms with van der Waals surface area (Å²) in [4.78, 5) is 14.4. The van der Waals surface area contributed by atoms with E-state index in [9.17, 15) is 4.79 Å². The molecule has 2 rings (SSSR count). The van der Waals surface area contributed by atoms with E-state index in [0.29, 0.717) is 36.0 Å². The van der Waals surface area contributed by atoms with Gasteiger partial charge in [-0.2, -0.15) is 0 Å². The number of carbonyl (C=O) groups excluding carboxylic acids is 1. The lowest BCUT2D eigenvalue weighted by molar-refractivity contribution is 0.0784. The molecular weight excluding hydrogens is 346 g/mol. The number of benzene rings is 2. The van der Waals surface area contributed by atoms with Crippen molar-refractivity contribution in [2.75, 3.05) is 35.0 Å². The topological polar surface area (TPSA) is 57.2 Å². The van der Waals surface area contributed by atoms with Gasteiger partial charge in [0, 0.05) is 24.7 Å². The number of carbonyl (C=O) groups is 1. The van der Waals surface area contributed by atoms with Crippen LogP contribution in [-0.2, 0) is 6.54 Å². The van der Waals surface area contributed by atoms with Crippen molar-refractivity contribution in [3.8, 4) is 23.0 Å². The Morgan fingerprint density at radius 3 is 2.15 bits per heavy atom. The van der Waals surface area contributed by atoms with Crippen LogP contribution in [0.15, 0.2) is 36.4 Å². The standard InChI is InChI=1S/C21H27NO5/c1-6-13-27-17-10-7-15(8-11-17)21(23)22(2)14-16-9-12-18(24-3)20(26-5)19(16)25-4/h7-12H,6,13-14H2,1-5H3. The molecule has 0 atom stereocenters. The van der Waals surface area contributed by atoms with Gasteiger partial charge in [-0.05, 0) is 42.8 Å². The first-order chi connectivity index (χ1) is 13.0. The Balaban J connectivity index is 2.16. The molecule has 1 amide bonds. The molecule has 2 aromatic rings. The molecule has 146 valence electrons. The third-order valence-electron chi connectivity index (χ3n) is 4.11. The summed E-state index contributed by atoms with van der Waals surface area (Å²) in [6, 6.07) is 10.8. The van der Waals surface area contributed by atoms with Crippen molar-refractivity contribution in [2.45, 2.75) is 19.9 Å². The van der Waals surface area contributed by atoms with Crippen LogP contribution in [0.5, 0.6) is 23.0 Å². The zero-order valence-corrected chi connectivity index (χ0v) is 16.6. The molecule has 0 radical (unpaired) electrons. The van der Waals surface area contributed by atoms with Crippen molar-refractivity contribution in [3.63, 3.8) is 0 Å². The first-order valence-corrected chi connectivity index (χ1v) is 8.81. The summed E-state index contributed by atoms with van der Waals surface area (Å²) in [7, 11) is 6.44. The largest absolute Gasteiger partial charge is 0.494 e. The molecular formula is C21H27NO5. The average molecular weight is 373 g/mol. The molecule has 0 aromatic heterocycles. The van der Waals surface area contributed by atoms with Gasteiger partial charge in [0.15, 0.2) is 11.5 Å². The van der Waals surface area contributed by atoms with Crippen LogP contribution in [0.3, 0.4) is 0 Å². The summed E-state index contributed by atoms with van der Waals surface area (Å²) in [5.41, 5.74) is 1.43. The van der Waals surface area contributed by atoms with Crippen molar-refractivity contribution < 1.29 is 23.7 Å². The fourth-order valence-electron chi connectivity index (χ4n) is 2.75. The molecule has 0 saturated carbocycles. The predicted octanol–water partition coefficient (Wildman–Crippen LogP) is 3.77. The summed E-state index contributed by atoms with van der Waals surface area (Å²) in [5.74, 6) is 2.32. The highest BCUT2D eigenvalue weighted by Gasteiger charge is 2.19. The van der Waals surface area contributed by atoms with E-state index in [1.807, 2.05) is 18.2 Å². The lowest BCUT2D eigenvalue weighted by Crippen LogP contribution is -2.26. The minimum atomic E-state index is -0.0890. The van der Waals surface area contributed by atoms with Gasteiger partial charge in [0.25, 0.3) is 5.91 Å². The minimum absolute atomic E-state index is 0.0890. The van der Waals surface area contributed by atoms with Gasteiger partial charge >= 0.3 is 0 Å². The van der Waals surface area contributed by atoms with E-state index in [1.165, 1.54) is 0 Å². The molecule has 6 nitrogen and oxygen atoms in total. The Morgan fingerprint density at radius 2 is 1.59 bits per heavy atom. The molecule has 0 bridgehead atoms. The highest BCUT2D eigenvalue weighted by Crippen LogP contribution is 2.40. The second-order valence-electron chi connectivity index (χ2n) is 6.03. The highest BCUT2D eigenvalue weighted by atomic mass is 16.5. The third-order valence-corrected chi connectivity index (χ3v) is 4.11. The Hall–Kier alpha value is -2.89. The van der Waals surface area contributed by atoms with Gasteiger partial charge in [0.2, 0.25) is 5.75 Å². The Kier molecular flexibility index (Phi) is 7.34. The Labute approximate surface area is 160 Å². The van der Waals surface area contributed by atoms with Crippen LogP contribution in [0.25, 0.3) is 0 Å². The van der Waals surface area contributed by atoms with E-state index < -0.39 is 0 Å². The van der Waals surface area contributed by atoms with Crippen LogP contribution in [0, 0.1) is 0 Å². The highest BCUT2D eigenvalue weighted by molar-refractivity contribution is 5.94. The van der Waals surface area contributed by atoms with E-state index in [0.717, 1.165) is 17.7 Å². The monoisotopic (exact) mass is 373 g/mol. The van der Waals surface area contributed by atoms with E-state index in [-0.39, 0.29) is 5.91 Å². The van der Waals surface area contributed by atoms with E-state index in [1.54, 1.807) is 51.5 Å². The first kappa shape index (κ1) is 20.4. The van der Waals surface area contributed by atoms with E-state index in [4.69, 9.17) is 18.9 Å². The number of ether oxygens (including phenoxy) is 4. The van der Waals surface area contributed by atoms with Crippen molar-refractivity contribution >= 4 is 5.91 Å². The summed E-state index contributed by atoms with van der Waals surface area (Å²) >= 11 is 0. The molecule has 27 heavy (non-hydrogen) atoms. The van der Waals surface area contributed by atoms with E-state index in [2.05, 4.69) is 6.92 Å². The summed E-state index contributed by atoms with van der Waals surface area (Å²) in [6.07, 6.45) is 0.941. The van der Waals surface area contributed by atoms with Gasteiger partial charge in [0.05, 0.1) is 27.9 Å². The maximum Gasteiger partial charge on any atom is 0.253 e. The predicted molar refractivity (Wildman–Crippen MR) is 104 cm³/mol. The zero-order valence-electron chi connectivity index (χ0n) is 16.6. The molecule has 6 heteroatoms. The van der Waals surface area contributed by atoms with Crippen LogP contribution in [0.2, 0.25) is 0 Å². The van der Waals surface area contributed by atoms with Gasteiger partial charge in [-0.1, -0.05) is 6.92 Å².